The van der Waals surface area contributed by atoms with E-state index in [9.17, 15) is 4.79 Å². The molecule has 0 spiro atoms. The molecule has 2 aliphatic rings. The number of aliphatic hydroxyl groups excluding tert-OH is 1. The molecule has 4 heteroatoms. The zero-order valence-electron chi connectivity index (χ0n) is 12.0. The first kappa shape index (κ1) is 13.6. The summed E-state index contributed by atoms with van der Waals surface area (Å²) >= 11 is 0. The van der Waals surface area contributed by atoms with Crippen LogP contribution in [0.5, 0.6) is 0 Å². The first-order valence-corrected chi connectivity index (χ1v) is 7.32. The molecule has 108 valence electrons. The number of carbonyl (C=O) groups is 1. The average molecular weight is 274 g/mol. The van der Waals surface area contributed by atoms with Crippen molar-refractivity contribution in [2.75, 3.05) is 33.3 Å². The van der Waals surface area contributed by atoms with Gasteiger partial charge in [0.1, 0.15) is 6.61 Å². The third-order valence-corrected chi connectivity index (χ3v) is 5.14. The lowest BCUT2D eigenvalue weighted by Gasteiger charge is -2.46. The molecule has 3 rings (SSSR count). The van der Waals surface area contributed by atoms with Crippen LogP contribution in [0.4, 0.5) is 0 Å². The van der Waals surface area contributed by atoms with Gasteiger partial charge >= 0.3 is 0 Å². The van der Waals surface area contributed by atoms with Crippen LogP contribution in [-0.2, 0) is 10.2 Å². The molecule has 2 atom stereocenters. The van der Waals surface area contributed by atoms with Crippen molar-refractivity contribution >= 4 is 5.91 Å². The minimum atomic E-state index is -0.380. The van der Waals surface area contributed by atoms with Crippen LogP contribution in [0.25, 0.3) is 0 Å². The van der Waals surface area contributed by atoms with Crippen LogP contribution < -0.4 is 0 Å². The molecule has 0 aromatic heterocycles. The summed E-state index contributed by atoms with van der Waals surface area (Å²) in [5.41, 5.74) is 1.56. The first-order valence-electron chi connectivity index (χ1n) is 7.32. The second kappa shape index (κ2) is 5.19. The van der Waals surface area contributed by atoms with E-state index in [-0.39, 0.29) is 17.9 Å². The number of nitrogens with zero attached hydrogens (tertiary/aromatic N) is 2. The molecular weight excluding hydrogens is 252 g/mol. The number of aliphatic hydroxyl groups is 1. The minimum absolute atomic E-state index is 0.146. The van der Waals surface area contributed by atoms with Crippen LogP contribution in [0.15, 0.2) is 30.3 Å². The molecular formula is C16H22N2O2. The number of hydrogen-bond donors (Lipinski definition) is 1. The lowest BCUT2D eigenvalue weighted by Crippen LogP contribution is -2.56. The molecule has 2 unspecified atom stereocenters. The third-order valence-electron chi connectivity index (χ3n) is 5.14. The molecule has 0 bridgehead atoms. The smallest absolute Gasteiger partial charge is 0.248 e. The van der Waals surface area contributed by atoms with E-state index < -0.39 is 0 Å². The molecule has 2 saturated heterocycles. The highest BCUT2D eigenvalue weighted by Gasteiger charge is 2.50. The normalized spacial score (nSPS) is 30.3. The van der Waals surface area contributed by atoms with Gasteiger partial charge in [0.25, 0.3) is 0 Å². The standard InChI is InChI=1S/C16H22N2O2/c1-17-9-7-16(13-5-3-2-4-6-13)8-10-18(11-14(16)17)15(20)12-19/h2-6,14,19H,7-12H2,1H3. The molecule has 2 fully saturated rings. The zero-order valence-corrected chi connectivity index (χ0v) is 12.0. The third kappa shape index (κ3) is 2.03. The van der Waals surface area contributed by atoms with Gasteiger partial charge in [0.05, 0.1) is 0 Å². The van der Waals surface area contributed by atoms with E-state index >= 15 is 0 Å². The quantitative estimate of drug-likeness (QED) is 0.869. The van der Waals surface area contributed by atoms with Gasteiger partial charge in [-0.15, -0.1) is 0 Å². The van der Waals surface area contributed by atoms with E-state index in [2.05, 4.69) is 42.3 Å². The maximum absolute atomic E-state index is 11.8. The van der Waals surface area contributed by atoms with Crippen molar-refractivity contribution in [3.8, 4) is 0 Å². The molecule has 2 aliphatic heterocycles. The van der Waals surface area contributed by atoms with Crippen molar-refractivity contribution in [1.29, 1.82) is 0 Å². The summed E-state index contributed by atoms with van der Waals surface area (Å²) < 4.78 is 0. The van der Waals surface area contributed by atoms with Gasteiger partial charge in [-0.1, -0.05) is 30.3 Å². The number of piperidine rings is 1. The maximum Gasteiger partial charge on any atom is 0.248 e. The van der Waals surface area contributed by atoms with Crippen molar-refractivity contribution in [3.05, 3.63) is 35.9 Å². The lowest BCUT2D eigenvalue weighted by molar-refractivity contribution is -0.136. The van der Waals surface area contributed by atoms with Crippen molar-refractivity contribution in [1.82, 2.24) is 9.80 Å². The molecule has 1 aromatic carbocycles. The number of hydrogen-bond acceptors (Lipinski definition) is 3. The molecule has 0 saturated carbocycles. The Kier molecular flexibility index (Phi) is 3.52. The van der Waals surface area contributed by atoms with Crippen LogP contribution in [0.3, 0.4) is 0 Å². The fraction of sp³-hybridized carbons (Fsp3) is 0.562. The Hall–Kier alpha value is -1.39. The fourth-order valence-electron chi connectivity index (χ4n) is 3.94. The molecule has 0 radical (unpaired) electrons. The van der Waals surface area contributed by atoms with E-state index in [1.54, 1.807) is 0 Å². The Morgan fingerprint density at radius 1 is 1.30 bits per heavy atom. The van der Waals surface area contributed by atoms with Crippen molar-refractivity contribution in [3.63, 3.8) is 0 Å². The Bertz CT molecular complexity index is 491. The van der Waals surface area contributed by atoms with E-state index in [0.29, 0.717) is 6.04 Å². The SMILES string of the molecule is CN1CCC2(c3ccccc3)CCN(C(=O)CO)CC12. The van der Waals surface area contributed by atoms with Gasteiger partial charge in [0.2, 0.25) is 5.91 Å². The zero-order chi connectivity index (χ0) is 14.2. The minimum Gasteiger partial charge on any atom is -0.387 e. The van der Waals surface area contributed by atoms with Gasteiger partial charge < -0.3 is 14.9 Å². The van der Waals surface area contributed by atoms with Gasteiger partial charge in [-0.3, -0.25) is 4.79 Å². The number of fused-ring (bicyclic) bond motifs is 1. The average Bonchev–Trinajstić information content (AvgIpc) is 2.85. The van der Waals surface area contributed by atoms with E-state index in [1.807, 2.05) is 4.90 Å². The highest BCUT2D eigenvalue weighted by atomic mass is 16.3. The Morgan fingerprint density at radius 2 is 2.00 bits per heavy atom. The highest BCUT2D eigenvalue weighted by Crippen LogP contribution is 2.45. The second-order valence-corrected chi connectivity index (χ2v) is 6.02. The van der Waals surface area contributed by atoms with Gasteiger partial charge in [0, 0.05) is 24.5 Å². The summed E-state index contributed by atoms with van der Waals surface area (Å²) in [6, 6.07) is 11.0. The number of benzene rings is 1. The number of amides is 1. The largest absolute Gasteiger partial charge is 0.387 e. The summed E-state index contributed by atoms with van der Waals surface area (Å²) in [5.74, 6) is -0.146. The Labute approximate surface area is 120 Å². The molecule has 1 amide bonds. The van der Waals surface area contributed by atoms with E-state index in [4.69, 9.17) is 5.11 Å². The van der Waals surface area contributed by atoms with Crippen LogP contribution in [0, 0.1) is 0 Å². The van der Waals surface area contributed by atoms with Crippen molar-refractivity contribution in [2.45, 2.75) is 24.3 Å². The topological polar surface area (TPSA) is 43.8 Å². The fourth-order valence-corrected chi connectivity index (χ4v) is 3.94. The van der Waals surface area contributed by atoms with Gasteiger partial charge in [-0.05, 0) is 32.0 Å². The Morgan fingerprint density at radius 3 is 2.70 bits per heavy atom. The van der Waals surface area contributed by atoms with Crippen molar-refractivity contribution < 1.29 is 9.90 Å². The number of carbonyl (C=O) groups excluding carboxylic acids is 1. The molecule has 1 N–H and O–H groups in total. The highest BCUT2D eigenvalue weighted by molar-refractivity contribution is 5.77. The summed E-state index contributed by atoms with van der Waals surface area (Å²) in [4.78, 5) is 15.9. The maximum atomic E-state index is 11.8. The summed E-state index contributed by atoms with van der Waals surface area (Å²) in [7, 11) is 2.14. The van der Waals surface area contributed by atoms with E-state index in [0.717, 1.165) is 32.5 Å². The summed E-state index contributed by atoms with van der Waals surface area (Å²) in [6.45, 7) is 2.17. The predicted molar refractivity (Wildman–Crippen MR) is 77.4 cm³/mol. The number of likely N-dealkylation sites (tertiary alicyclic amines) is 2. The number of likely N-dealkylation sites (N-methyl/N-ethyl adjacent to an activating group) is 1. The molecule has 1 aromatic rings. The second-order valence-electron chi connectivity index (χ2n) is 6.02. The van der Waals surface area contributed by atoms with Crippen LogP contribution in [-0.4, -0.2) is 60.1 Å². The molecule has 20 heavy (non-hydrogen) atoms. The Balaban J connectivity index is 1.90. The first-order chi connectivity index (χ1) is 9.67. The molecule has 4 nitrogen and oxygen atoms in total. The molecule has 2 heterocycles. The van der Waals surface area contributed by atoms with Gasteiger partial charge in [-0.25, -0.2) is 0 Å². The summed E-state index contributed by atoms with van der Waals surface area (Å²) in [6.07, 6.45) is 2.14. The van der Waals surface area contributed by atoms with Crippen LogP contribution in [0.2, 0.25) is 0 Å². The summed E-state index contributed by atoms with van der Waals surface area (Å²) in [5, 5.41) is 9.07. The lowest BCUT2D eigenvalue weighted by atomic mass is 9.69. The van der Waals surface area contributed by atoms with Crippen molar-refractivity contribution in [2.24, 2.45) is 0 Å². The van der Waals surface area contributed by atoms with E-state index in [1.165, 1.54) is 5.56 Å². The number of rotatable bonds is 2. The van der Waals surface area contributed by atoms with Gasteiger partial charge in [-0.2, -0.15) is 0 Å². The predicted octanol–water partition coefficient (Wildman–Crippen LogP) is 0.853. The monoisotopic (exact) mass is 274 g/mol. The van der Waals surface area contributed by atoms with Crippen LogP contribution in [0.1, 0.15) is 18.4 Å². The molecule has 0 aliphatic carbocycles. The van der Waals surface area contributed by atoms with Gasteiger partial charge in [0.15, 0.2) is 0 Å². The van der Waals surface area contributed by atoms with Crippen LogP contribution >= 0.6 is 0 Å².